The highest BCUT2D eigenvalue weighted by Crippen LogP contribution is 2.49. The van der Waals surface area contributed by atoms with Crippen molar-refractivity contribution in [2.24, 2.45) is 20.5 Å². The molecule has 0 heterocycles. The van der Waals surface area contributed by atoms with Gasteiger partial charge in [-0.3, -0.25) is 0 Å². The maximum atomic E-state index is 4.78. The van der Waals surface area contributed by atoms with E-state index in [4.69, 9.17) is 10.2 Å². The number of nitrogens with zero attached hydrogens (tertiary/aromatic N) is 4. The van der Waals surface area contributed by atoms with E-state index in [-0.39, 0.29) is 12.1 Å². The first-order valence-corrected chi connectivity index (χ1v) is 11.8. The summed E-state index contributed by atoms with van der Waals surface area (Å²) in [6.45, 7) is 0. The largest absolute Gasteiger partial charge is 0.178 e. The summed E-state index contributed by atoms with van der Waals surface area (Å²) in [4.78, 5) is 0. The molecular formula is C26H18Br2N4. The van der Waals surface area contributed by atoms with Crippen molar-refractivity contribution in [3.05, 3.63) is 117 Å². The van der Waals surface area contributed by atoms with E-state index in [0.29, 0.717) is 0 Å². The summed E-state index contributed by atoms with van der Waals surface area (Å²) < 4.78 is 2.02. The topological polar surface area (TPSA) is 49.4 Å². The summed E-state index contributed by atoms with van der Waals surface area (Å²) in [5, 5.41) is 18.7. The molecule has 0 fully saturated rings. The zero-order valence-electron chi connectivity index (χ0n) is 16.9. The second-order valence-corrected chi connectivity index (χ2v) is 9.28. The van der Waals surface area contributed by atoms with Gasteiger partial charge in [-0.25, -0.2) is 0 Å². The lowest BCUT2D eigenvalue weighted by molar-refractivity contribution is 0.532. The van der Waals surface area contributed by atoms with E-state index in [0.717, 1.165) is 42.6 Å². The monoisotopic (exact) mass is 544 g/mol. The van der Waals surface area contributed by atoms with Gasteiger partial charge in [0.1, 0.15) is 12.1 Å². The first-order chi connectivity index (χ1) is 15.7. The molecule has 0 saturated carbocycles. The van der Waals surface area contributed by atoms with Gasteiger partial charge in [-0.15, -0.1) is 0 Å². The first kappa shape index (κ1) is 20.9. The van der Waals surface area contributed by atoms with Gasteiger partial charge in [0, 0.05) is 8.95 Å². The second-order valence-electron chi connectivity index (χ2n) is 7.45. The number of halogens is 2. The van der Waals surface area contributed by atoms with Gasteiger partial charge in [0.25, 0.3) is 0 Å². The molecule has 156 valence electrons. The van der Waals surface area contributed by atoms with Crippen LogP contribution in [0.15, 0.2) is 126 Å². The van der Waals surface area contributed by atoms with Crippen LogP contribution in [0.1, 0.15) is 23.2 Å². The minimum atomic E-state index is -0.274. The number of hydrogen-bond acceptors (Lipinski definition) is 4. The molecule has 4 aromatic rings. The SMILES string of the molecule is Brc1ccc(N=NC2c3ccccc3-c3ccccc3C2N=Nc2ccc(Br)cc2)cc1. The predicted octanol–water partition coefficient (Wildman–Crippen LogP) is 9.54. The van der Waals surface area contributed by atoms with Crippen molar-refractivity contribution < 1.29 is 0 Å². The number of benzene rings is 4. The molecule has 0 radical (unpaired) electrons. The van der Waals surface area contributed by atoms with E-state index < -0.39 is 0 Å². The lowest BCUT2D eigenvalue weighted by atomic mass is 9.80. The third kappa shape index (κ3) is 4.33. The zero-order chi connectivity index (χ0) is 21.9. The minimum Gasteiger partial charge on any atom is -0.178 e. The van der Waals surface area contributed by atoms with Crippen molar-refractivity contribution in [1.82, 2.24) is 0 Å². The highest BCUT2D eigenvalue weighted by Gasteiger charge is 2.34. The summed E-state index contributed by atoms with van der Waals surface area (Å²) in [5.41, 5.74) is 6.14. The number of hydrogen-bond donors (Lipinski definition) is 0. The van der Waals surface area contributed by atoms with Gasteiger partial charge in [0.05, 0.1) is 11.4 Å². The fourth-order valence-electron chi connectivity index (χ4n) is 3.86. The molecule has 0 aliphatic heterocycles. The third-order valence-corrected chi connectivity index (χ3v) is 6.45. The molecule has 6 heteroatoms. The van der Waals surface area contributed by atoms with Gasteiger partial charge in [-0.1, -0.05) is 80.4 Å². The Labute approximate surface area is 203 Å². The lowest BCUT2D eigenvalue weighted by Gasteiger charge is -2.29. The van der Waals surface area contributed by atoms with Crippen LogP contribution in [0.3, 0.4) is 0 Å². The van der Waals surface area contributed by atoms with Crippen LogP contribution in [0.2, 0.25) is 0 Å². The maximum Gasteiger partial charge on any atom is 0.125 e. The zero-order valence-corrected chi connectivity index (χ0v) is 20.1. The molecular weight excluding hydrogens is 528 g/mol. The van der Waals surface area contributed by atoms with Crippen LogP contribution in [-0.2, 0) is 0 Å². The van der Waals surface area contributed by atoms with Gasteiger partial charge in [-0.05, 0) is 70.8 Å². The summed E-state index contributed by atoms with van der Waals surface area (Å²) >= 11 is 6.93. The molecule has 2 atom stereocenters. The molecule has 1 aliphatic rings. The van der Waals surface area contributed by atoms with Crippen LogP contribution in [0.4, 0.5) is 11.4 Å². The van der Waals surface area contributed by atoms with Gasteiger partial charge in [0.15, 0.2) is 0 Å². The van der Waals surface area contributed by atoms with Crippen molar-refractivity contribution in [1.29, 1.82) is 0 Å². The molecule has 0 spiro atoms. The fraction of sp³-hybridized carbons (Fsp3) is 0.0769. The Morgan fingerprint density at radius 1 is 0.469 bits per heavy atom. The molecule has 1 aliphatic carbocycles. The van der Waals surface area contributed by atoms with Gasteiger partial charge in [-0.2, -0.15) is 20.5 Å². The number of rotatable bonds is 4. The molecule has 0 bridgehead atoms. The van der Waals surface area contributed by atoms with Gasteiger partial charge >= 0.3 is 0 Å². The maximum absolute atomic E-state index is 4.78. The molecule has 0 amide bonds. The Morgan fingerprint density at radius 3 is 1.25 bits per heavy atom. The number of fused-ring (bicyclic) bond motifs is 3. The number of azo groups is 2. The average Bonchev–Trinajstić information content (AvgIpc) is 2.83. The molecule has 4 nitrogen and oxygen atoms in total. The quantitative estimate of drug-likeness (QED) is 0.229. The van der Waals surface area contributed by atoms with Crippen LogP contribution in [0.25, 0.3) is 11.1 Å². The van der Waals surface area contributed by atoms with E-state index in [2.05, 4.69) is 78.5 Å². The Hall–Kier alpha value is -2.96. The fourth-order valence-corrected chi connectivity index (χ4v) is 4.39. The van der Waals surface area contributed by atoms with Crippen molar-refractivity contribution in [2.75, 3.05) is 0 Å². The smallest absolute Gasteiger partial charge is 0.125 e. The van der Waals surface area contributed by atoms with Crippen LogP contribution < -0.4 is 0 Å². The Kier molecular flexibility index (Phi) is 6.06. The average molecular weight is 546 g/mol. The van der Waals surface area contributed by atoms with E-state index in [1.54, 1.807) is 0 Å². The van der Waals surface area contributed by atoms with Crippen LogP contribution >= 0.6 is 31.9 Å². The van der Waals surface area contributed by atoms with E-state index in [1.807, 2.05) is 60.7 Å². The molecule has 0 N–H and O–H groups in total. The lowest BCUT2D eigenvalue weighted by Crippen LogP contribution is -2.14. The van der Waals surface area contributed by atoms with Crippen molar-refractivity contribution in [3.63, 3.8) is 0 Å². The Balaban J connectivity index is 1.60. The van der Waals surface area contributed by atoms with Crippen molar-refractivity contribution >= 4 is 43.2 Å². The molecule has 2 unspecified atom stereocenters. The highest BCUT2D eigenvalue weighted by molar-refractivity contribution is 9.10. The normalized spacial score (nSPS) is 17.4. The summed E-state index contributed by atoms with van der Waals surface area (Å²) in [6, 6.07) is 31.7. The Bertz CT molecular complexity index is 1200. The minimum absolute atomic E-state index is 0.274. The van der Waals surface area contributed by atoms with Crippen LogP contribution in [0.5, 0.6) is 0 Å². The summed E-state index contributed by atoms with van der Waals surface area (Å²) in [7, 11) is 0. The van der Waals surface area contributed by atoms with Crippen LogP contribution in [-0.4, -0.2) is 0 Å². The van der Waals surface area contributed by atoms with Gasteiger partial charge < -0.3 is 0 Å². The molecule has 0 saturated heterocycles. The highest BCUT2D eigenvalue weighted by atomic mass is 79.9. The van der Waals surface area contributed by atoms with Crippen molar-refractivity contribution in [2.45, 2.75) is 12.1 Å². The molecule has 4 aromatic carbocycles. The molecule has 0 aromatic heterocycles. The van der Waals surface area contributed by atoms with E-state index in [1.165, 1.54) is 0 Å². The first-order valence-electron chi connectivity index (χ1n) is 10.2. The van der Waals surface area contributed by atoms with Gasteiger partial charge in [0.2, 0.25) is 0 Å². The summed E-state index contributed by atoms with van der Waals surface area (Å²) in [6.07, 6.45) is 0. The summed E-state index contributed by atoms with van der Waals surface area (Å²) in [5.74, 6) is 0. The van der Waals surface area contributed by atoms with Crippen LogP contribution in [0, 0.1) is 0 Å². The van der Waals surface area contributed by atoms with E-state index >= 15 is 0 Å². The molecule has 32 heavy (non-hydrogen) atoms. The standard InChI is InChI=1S/C26H18Br2N4/c27-17-9-13-19(14-10-17)29-31-25-23-7-3-1-5-21(23)22-6-2-4-8-24(22)26(25)32-30-20-15-11-18(28)12-16-20/h1-16,25-26H. The second kappa shape index (κ2) is 9.27. The third-order valence-electron chi connectivity index (χ3n) is 5.40. The predicted molar refractivity (Wildman–Crippen MR) is 135 cm³/mol. The van der Waals surface area contributed by atoms with E-state index in [9.17, 15) is 0 Å². The molecule has 5 rings (SSSR count). The Morgan fingerprint density at radius 2 is 0.844 bits per heavy atom. The van der Waals surface area contributed by atoms with Crippen molar-refractivity contribution in [3.8, 4) is 11.1 Å².